The molecule has 9 atom stereocenters. The molecule has 1 aromatic rings. The van der Waals surface area contributed by atoms with E-state index in [-0.39, 0.29) is 37.5 Å². The molecule has 0 saturated heterocycles. The van der Waals surface area contributed by atoms with Crippen LogP contribution in [0.5, 0.6) is 0 Å². The lowest BCUT2D eigenvalue weighted by Gasteiger charge is -2.61. The van der Waals surface area contributed by atoms with Gasteiger partial charge in [0.05, 0.1) is 13.0 Å². The van der Waals surface area contributed by atoms with Crippen molar-refractivity contribution in [3.63, 3.8) is 0 Å². The molecule has 252 valence electrons. The molecule has 4 N–H and O–H groups in total. The maximum absolute atomic E-state index is 12.7. The molecule has 0 aliphatic heterocycles. The Kier molecular flexibility index (Phi) is 10.8. The van der Waals surface area contributed by atoms with Crippen molar-refractivity contribution in [2.45, 2.75) is 137 Å². The number of fused-ring (bicyclic) bond motifs is 5. The van der Waals surface area contributed by atoms with Crippen LogP contribution in [0.15, 0.2) is 18.2 Å². The zero-order chi connectivity index (χ0) is 32.4. The van der Waals surface area contributed by atoms with Crippen LogP contribution in [0.1, 0.15) is 130 Å². The topological polar surface area (TPSA) is 105 Å². The number of anilines is 2. The number of nitrogens with two attached hydrogens (primary N) is 2. The van der Waals surface area contributed by atoms with E-state index in [0.29, 0.717) is 34.5 Å². The van der Waals surface area contributed by atoms with Gasteiger partial charge in [-0.2, -0.15) is 0 Å². The monoisotopic (exact) mass is 622 g/mol. The van der Waals surface area contributed by atoms with Crippen LogP contribution in [0.2, 0.25) is 0 Å². The van der Waals surface area contributed by atoms with E-state index >= 15 is 0 Å². The SMILES string of the molecule is CC(C)CCCC(C)C1CCC2C3CCC4CC(OC(=O)CCCOC(=O)Cc5cc(N)cc(N)c5)CCC4(C)C3CCC12C. The number of rotatable bonds is 12. The fourth-order valence-corrected chi connectivity index (χ4v) is 11.1. The number of esters is 2. The molecular weight excluding hydrogens is 560 g/mol. The summed E-state index contributed by atoms with van der Waals surface area (Å²) in [5.41, 5.74) is 14.3. The molecule has 4 aliphatic carbocycles. The second-order valence-corrected chi connectivity index (χ2v) is 16.6. The van der Waals surface area contributed by atoms with Crippen molar-refractivity contribution in [1.29, 1.82) is 0 Å². The minimum Gasteiger partial charge on any atom is -0.465 e. The van der Waals surface area contributed by atoms with Crippen LogP contribution in [-0.2, 0) is 25.5 Å². The number of hydrogen-bond donors (Lipinski definition) is 2. The van der Waals surface area contributed by atoms with Crippen molar-refractivity contribution in [2.75, 3.05) is 18.1 Å². The molecule has 0 bridgehead atoms. The quantitative estimate of drug-likeness (QED) is 0.137. The highest BCUT2D eigenvalue weighted by Crippen LogP contribution is 2.68. The normalized spacial score (nSPS) is 34.8. The highest BCUT2D eigenvalue weighted by atomic mass is 16.5. The Hall–Kier alpha value is -2.24. The minimum atomic E-state index is -0.345. The second kappa shape index (κ2) is 14.3. The molecule has 0 aromatic heterocycles. The fourth-order valence-electron chi connectivity index (χ4n) is 11.1. The lowest BCUT2D eigenvalue weighted by atomic mass is 9.44. The predicted molar refractivity (Wildman–Crippen MR) is 182 cm³/mol. The van der Waals surface area contributed by atoms with Crippen molar-refractivity contribution < 1.29 is 19.1 Å². The molecule has 6 nitrogen and oxygen atoms in total. The highest BCUT2D eigenvalue weighted by Gasteiger charge is 2.60. The van der Waals surface area contributed by atoms with Gasteiger partial charge in [0.25, 0.3) is 0 Å². The van der Waals surface area contributed by atoms with E-state index in [2.05, 4.69) is 34.6 Å². The Labute approximate surface area is 273 Å². The molecule has 6 heteroatoms. The van der Waals surface area contributed by atoms with Crippen LogP contribution in [-0.4, -0.2) is 24.6 Å². The van der Waals surface area contributed by atoms with Gasteiger partial charge in [-0.05, 0) is 140 Å². The molecule has 45 heavy (non-hydrogen) atoms. The molecule has 1 aromatic carbocycles. The average Bonchev–Trinajstić information content (AvgIpc) is 3.32. The molecule has 4 saturated carbocycles. The molecular formula is C39H62N2O4. The minimum absolute atomic E-state index is 0.0279. The van der Waals surface area contributed by atoms with E-state index in [0.717, 1.165) is 53.9 Å². The first-order valence-electron chi connectivity index (χ1n) is 18.4. The van der Waals surface area contributed by atoms with Gasteiger partial charge in [-0.1, -0.05) is 53.9 Å². The molecule has 4 aliphatic rings. The van der Waals surface area contributed by atoms with Crippen LogP contribution in [0, 0.1) is 52.3 Å². The Bertz CT molecular complexity index is 1160. The van der Waals surface area contributed by atoms with Gasteiger partial charge in [-0.3, -0.25) is 9.59 Å². The summed E-state index contributed by atoms with van der Waals surface area (Å²) in [5.74, 6) is 5.35. The zero-order valence-electron chi connectivity index (χ0n) is 29.0. The number of carbonyl (C=O) groups excluding carboxylic acids is 2. The van der Waals surface area contributed by atoms with Gasteiger partial charge >= 0.3 is 11.9 Å². The first-order valence-corrected chi connectivity index (χ1v) is 18.4. The smallest absolute Gasteiger partial charge is 0.310 e. The van der Waals surface area contributed by atoms with E-state index in [1.54, 1.807) is 18.2 Å². The summed E-state index contributed by atoms with van der Waals surface area (Å²) in [6.45, 7) is 12.8. The van der Waals surface area contributed by atoms with E-state index in [1.165, 1.54) is 64.2 Å². The van der Waals surface area contributed by atoms with Crippen molar-refractivity contribution >= 4 is 23.3 Å². The first-order chi connectivity index (χ1) is 21.4. The Balaban J connectivity index is 1.06. The highest BCUT2D eigenvalue weighted by molar-refractivity contribution is 5.74. The summed E-state index contributed by atoms with van der Waals surface area (Å²) < 4.78 is 11.4. The standard InChI is InChI=1S/C39H62N2O4/c1-25(2)8-6-9-26(3)33-13-14-34-32-12-11-28-23-31(15-17-38(28,4)35(32)16-18-39(33,34)5)45-36(42)10-7-19-44-37(43)22-27-20-29(40)24-30(41)21-27/h20-21,24-26,28,31-35H,6-19,22-23,40-41H2,1-5H3. The van der Waals surface area contributed by atoms with Gasteiger partial charge < -0.3 is 20.9 Å². The predicted octanol–water partition coefficient (Wildman–Crippen LogP) is 8.75. The number of ether oxygens (including phenoxy) is 2. The molecule has 0 radical (unpaired) electrons. The zero-order valence-corrected chi connectivity index (χ0v) is 29.0. The van der Waals surface area contributed by atoms with Crippen LogP contribution >= 0.6 is 0 Å². The van der Waals surface area contributed by atoms with Crippen LogP contribution in [0.3, 0.4) is 0 Å². The third-order valence-corrected chi connectivity index (χ3v) is 13.3. The maximum Gasteiger partial charge on any atom is 0.310 e. The van der Waals surface area contributed by atoms with Gasteiger partial charge in [0, 0.05) is 17.8 Å². The van der Waals surface area contributed by atoms with Crippen LogP contribution in [0.4, 0.5) is 11.4 Å². The van der Waals surface area contributed by atoms with Gasteiger partial charge in [-0.25, -0.2) is 0 Å². The number of carbonyl (C=O) groups is 2. The first kappa shape index (κ1) is 34.1. The van der Waals surface area contributed by atoms with Crippen LogP contribution < -0.4 is 11.5 Å². The summed E-state index contributed by atoms with van der Waals surface area (Å²) >= 11 is 0. The summed E-state index contributed by atoms with van der Waals surface area (Å²) in [6, 6.07) is 5.11. The van der Waals surface area contributed by atoms with Crippen molar-refractivity contribution in [2.24, 2.45) is 52.3 Å². The number of hydrogen-bond acceptors (Lipinski definition) is 6. The molecule has 9 unspecified atom stereocenters. The molecule has 0 spiro atoms. The Morgan fingerprint density at radius 2 is 1.56 bits per heavy atom. The van der Waals surface area contributed by atoms with E-state index in [9.17, 15) is 9.59 Å². The van der Waals surface area contributed by atoms with E-state index in [4.69, 9.17) is 20.9 Å². The number of nitrogen functional groups attached to an aromatic ring is 2. The van der Waals surface area contributed by atoms with Crippen molar-refractivity contribution in [3.05, 3.63) is 23.8 Å². The molecule has 4 fully saturated rings. The van der Waals surface area contributed by atoms with Crippen molar-refractivity contribution in [1.82, 2.24) is 0 Å². The lowest BCUT2D eigenvalue weighted by Crippen LogP contribution is -2.54. The summed E-state index contributed by atoms with van der Waals surface area (Å²) in [5, 5.41) is 0. The molecule has 5 rings (SSSR count). The van der Waals surface area contributed by atoms with Gasteiger partial charge in [-0.15, -0.1) is 0 Å². The third kappa shape index (κ3) is 7.67. The van der Waals surface area contributed by atoms with Gasteiger partial charge in [0.15, 0.2) is 0 Å². The summed E-state index contributed by atoms with van der Waals surface area (Å²) in [6.07, 6.45) is 16.6. The van der Waals surface area contributed by atoms with Gasteiger partial charge in [0.1, 0.15) is 6.10 Å². The van der Waals surface area contributed by atoms with Gasteiger partial charge in [0.2, 0.25) is 0 Å². The largest absolute Gasteiger partial charge is 0.465 e. The molecule has 0 heterocycles. The van der Waals surface area contributed by atoms with E-state index in [1.807, 2.05) is 0 Å². The average molecular weight is 623 g/mol. The van der Waals surface area contributed by atoms with Crippen LogP contribution in [0.25, 0.3) is 0 Å². The van der Waals surface area contributed by atoms with E-state index < -0.39 is 0 Å². The fraction of sp³-hybridized carbons (Fsp3) is 0.795. The Morgan fingerprint density at radius 3 is 2.29 bits per heavy atom. The van der Waals surface area contributed by atoms with Crippen molar-refractivity contribution in [3.8, 4) is 0 Å². The molecule has 0 amide bonds. The maximum atomic E-state index is 12.7. The summed E-state index contributed by atoms with van der Waals surface area (Å²) in [4.78, 5) is 25.0. The third-order valence-electron chi connectivity index (χ3n) is 13.3. The number of benzene rings is 1. The second-order valence-electron chi connectivity index (χ2n) is 16.6. The Morgan fingerprint density at radius 1 is 0.844 bits per heavy atom. The lowest BCUT2D eigenvalue weighted by molar-refractivity contribution is -0.163. The summed E-state index contributed by atoms with van der Waals surface area (Å²) in [7, 11) is 0.